The number of nitro groups is 1. The van der Waals surface area contributed by atoms with Crippen LogP contribution in [0.15, 0.2) is 18.2 Å². The number of carbonyl (C=O) groups is 2. The van der Waals surface area contributed by atoms with Gasteiger partial charge in [-0.15, -0.1) is 0 Å². The van der Waals surface area contributed by atoms with Gasteiger partial charge in [-0.25, -0.2) is 0 Å². The highest BCUT2D eigenvalue weighted by molar-refractivity contribution is 5.92. The Balaban J connectivity index is 3.04. The van der Waals surface area contributed by atoms with Crippen molar-refractivity contribution in [1.29, 1.82) is 0 Å². The van der Waals surface area contributed by atoms with Crippen molar-refractivity contribution in [1.82, 2.24) is 0 Å². The number of nitrogens with one attached hydrogen (secondary N) is 1. The number of nitrogens with zero attached hydrogens (tertiary/aromatic N) is 1. The van der Waals surface area contributed by atoms with Crippen LogP contribution < -0.4 is 5.32 Å². The summed E-state index contributed by atoms with van der Waals surface area (Å²) in [7, 11) is 0. The second kappa shape index (κ2) is 6.85. The van der Waals surface area contributed by atoms with Crippen molar-refractivity contribution in [3.63, 3.8) is 0 Å². The van der Waals surface area contributed by atoms with E-state index in [1.807, 2.05) is 5.32 Å². The summed E-state index contributed by atoms with van der Waals surface area (Å²) in [6, 6.07) is 1.97. The number of amides is 1. The maximum Gasteiger partial charge on any atom is 0.418 e. The molecular weight excluding hydrogens is 333 g/mol. The molecule has 1 rings (SSSR count). The largest absolute Gasteiger partial charge is 0.481 e. The monoisotopic (exact) mass is 348 g/mol. The van der Waals surface area contributed by atoms with Crippen LogP contribution >= 0.6 is 0 Å². The lowest BCUT2D eigenvalue weighted by Gasteiger charge is -2.22. The molecule has 0 bridgehead atoms. The van der Waals surface area contributed by atoms with Gasteiger partial charge in [0.25, 0.3) is 5.69 Å². The molecular formula is C14H15F3N2O5. The predicted molar refractivity (Wildman–Crippen MR) is 77.4 cm³/mol. The molecule has 7 nitrogen and oxygen atoms in total. The SMILES string of the molecule is CC(C)(CC(=O)O)CC(=O)Nc1ccc([N+](=O)[O-])cc1C(F)(F)F. The Kier molecular flexibility index (Phi) is 5.54. The summed E-state index contributed by atoms with van der Waals surface area (Å²) in [5.41, 5.74) is -3.69. The van der Waals surface area contributed by atoms with Crippen LogP contribution in [0.2, 0.25) is 0 Å². The van der Waals surface area contributed by atoms with E-state index >= 15 is 0 Å². The summed E-state index contributed by atoms with van der Waals surface area (Å²) in [6.07, 6.45) is -5.56. The number of anilines is 1. The van der Waals surface area contributed by atoms with Gasteiger partial charge in [-0.05, 0) is 11.5 Å². The van der Waals surface area contributed by atoms with Crippen LogP contribution in [0.5, 0.6) is 0 Å². The Hall–Kier alpha value is -2.65. The highest BCUT2D eigenvalue weighted by atomic mass is 19.4. The summed E-state index contributed by atoms with van der Waals surface area (Å²) < 4.78 is 39.0. The number of alkyl halides is 3. The van der Waals surface area contributed by atoms with Gasteiger partial charge in [-0.3, -0.25) is 19.7 Å². The Morgan fingerprint density at radius 3 is 2.29 bits per heavy atom. The summed E-state index contributed by atoms with van der Waals surface area (Å²) in [5, 5.41) is 21.4. The minimum absolute atomic E-state index is 0.326. The van der Waals surface area contributed by atoms with Crippen molar-refractivity contribution in [2.45, 2.75) is 32.9 Å². The summed E-state index contributed by atoms with van der Waals surface area (Å²) in [5.74, 6) is -1.96. The quantitative estimate of drug-likeness (QED) is 0.604. The van der Waals surface area contributed by atoms with Crippen molar-refractivity contribution < 1.29 is 32.8 Å². The van der Waals surface area contributed by atoms with Crippen molar-refractivity contribution in [2.24, 2.45) is 5.41 Å². The lowest BCUT2D eigenvalue weighted by molar-refractivity contribution is -0.385. The van der Waals surface area contributed by atoms with Crippen LogP contribution in [0.1, 0.15) is 32.3 Å². The number of carboxylic acid groups (broad SMARTS) is 1. The third-order valence-electron chi connectivity index (χ3n) is 3.06. The van der Waals surface area contributed by atoms with E-state index in [4.69, 9.17) is 5.11 Å². The first-order chi connectivity index (χ1) is 10.8. The van der Waals surface area contributed by atoms with Gasteiger partial charge < -0.3 is 10.4 Å². The Morgan fingerprint density at radius 1 is 1.25 bits per heavy atom. The minimum atomic E-state index is -4.90. The number of nitro benzene ring substituents is 1. The van der Waals surface area contributed by atoms with Gasteiger partial charge in [0.1, 0.15) is 0 Å². The van der Waals surface area contributed by atoms with E-state index < -0.39 is 45.3 Å². The van der Waals surface area contributed by atoms with Crippen molar-refractivity contribution in [3.05, 3.63) is 33.9 Å². The summed E-state index contributed by atoms with van der Waals surface area (Å²) >= 11 is 0. The normalized spacial score (nSPS) is 11.9. The van der Waals surface area contributed by atoms with Gasteiger partial charge in [-0.2, -0.15) is 13.2 Å². The first-order valence-electron chi connectivity index (χ1n) is 6.69. The van der Waals surface area contributed by atoms with Crippen molar-refractivity contribution in [2.75, 3.05) is 5.32 Å². The Morgan fingerprint density at radius 2 is 1.83 bits per heavy atom. The van der Waals surface area contributed by atoms with E-state index in [1.165, 1.54) is 13.8 Å². The number of carboxylic acids is 1. The average molecular weight is 348 g/mol. The smallest absolute Gasteiger partial charge is 0.418 e. The van der Waals surface area contributed by atoms with Gasteiger partial charge in [0.2, 0.25) is 5.91 Å². The fraction of sp³-hybridized carbons (Fsp3) is 0.429. The molecule has 2 N–H and O–H groups in total. The van der Waals surface area contributed by atoms with E-state index in [1.54, 1.807) is 0 Å². The van der Waals surface area contributed by atoms with Gasteiger partial charge in [0, 0.05) is 18.6 Å². The predicted octanol–water partition coefficient (Wildman–Crippen LogP) is 3.44. The Bertz CT molecular complexity index is 671. The van der Waals surface area contributed by atoms with E-state index in [2.05, 4.69) is 0 Å². The van der Waals surface area contributed by atoms with Gasteiger partial charge in [0.15, 0.2) is 0 Å². The van der Waals surface area contributed by atoms with Crippen LogP contribution in [0, 0.1) is 15.5 Å². The molecule has 10 heteroatoms. The molecule has 0 aliphatic carbocycles. The molecule has 0 unspecified atom stereocenters. The fourth-order valence-corrected chi connectivity index (χ4v) is 2.09. The molecule has 0 heterocycles. The number of halogens is 3. The number of hydrogen-bond acceptors (Lipinski definition) is 4. The molecule has 132 valence electrons. The van der Waals surface area contributed by atoms with E-state index in [9.17, 15) is 32.9 Å². The molecule has 1 aromatic rings. The Labute approximate surface area is 134 Å². The number of rotatable bonds is 6. The van der Waals surface area contributed by atoms with Crippen molar-refractivity contribution in [3.8, 4) is 0 Å². The summed E-state index contributed by atoms with van der Waals surface area (Å²) in [4.78, 5) is 32.2. The van der Waals surface area contributed by atoms with E-state index in [0.29, 0.717) is 6.07 Å². The molecule has 0 radical (unpaired) electrons. The first-order valence-corrected chi connectivity index (χ1v) is 6.69. The zero-order chi connectivity index (χ0) is 18.7. The topological polar surface area (TPSA) is 110 Å². The number of non-ortho nitro benzene ring substituents is 1. The highest BCUT2D eigenvalue weighted by Gasteiger charge is 2.36. The number of carbonyl (C=O) groups excluding carboxylic acids is 1. The molecule has 0 atom stereocenters. The maximum atomic E-state index is 13.0. The minimum Gasteiger partial charge on any atom is -0.481 e. The zero-order valence-electron chi connectivity index (χ0n) is 12.8. The second-order valence-corrected chi connectivity index (χ2v) is 5.94. The molecule has 0 aliphatic rings. The molecule has 0 saturated carbocycles. The molecule has 0 fully saturated rings. The van der Waals surface area contributed by atoms with Crippen LogP contribution in [0.4, 0.5) is 24.5 Å². The molecule has 0 aromatic heterocycles. The highest BCUT2D eigenvalue weighted by Crippen LogP contribution is 2.37. The lowest BCUT2D eigenvalue weighted by atomic mass is 9.85. The van der Waals surface area contributed by atoms with E-state index in [0.717, 1.165) is 12.1 Å². The maximum absolute atomic E-state index is 13.0. The lowest BCUT2D eigenvalue weighted by Crippen LogP contribution is -2.25. The molecule has 1 aromatic carbocycles. The molecule has 0 spiro atoms. The second-order valence-electron chi connectivity index (χ2n) is 5.94. The third kappa shape index (κ3) is 5.52. The van der Waals surface area contributed by atoms with E-state index in [-0.39, 0.29) is 12.8 Å². The molecule has 0 aliphatic heterocycles. The van der Waals surface area contributed by atoms with Gasteiger partial charge in [0.05, 0.1) is 22.6 Å². The number of hydrogen-bond donors (Lipinski definition) is 2. The van der Waals surface area contributed by atoms with Crippen LogP contribution in [-0.2, 0) is 15.8 Å². The molecule has 1 amide bonds. The standard InChI is InChI=1S/C14H15F3N2O5/c1-13(2,7-12(21)22)6-11(20)18-10-4-3-8(19(23)24)5-9(10)14(15,16)17/h3-5H,6-7H2,1-2H3,(H,18,20)(H,21,22). The summed E-state index contributed by atoms with van der Waals surface area (Å²) in [6.45, 7) is 2.97. The van der Waals surface area contributed by atoms with Crippen LogP contribution in [0.25, 0.3) is 0 Å². The first kappa shape index (κ1) is 19.4. The fourth-order valence-electron chi connectivity index (χ4n) is 2.09. The number of benzene rings is 1. The average Bonchev–Trinajstić information content (AvgIpc) is 2.34. The molecule has 0 saturated heterocycles. The molecule has 24 heavy (non-hydrogen) atoms. The van der Waals surface area contributed by atoms with Crippen molar-refractivity contribution >= 4 is 23.3 Å². The zero-order valence-corrected chi connectivity index (χ0v) is 12.8. The third-order valence-corrected chi connectivity index (χ3v) is 3.06. The van der Waals surface area contributed by atoms with Gasteiger partial charge >= 0.3 is 12.1 Å². The van der Waals surface area contributed by atoms with Crippen LogP contribution in [-0.4, -0.2) is 21.9 Å². The van der Waals surface area contributed by atoms with Crippen LogP contribution in [0.3, 0.4) is 0 Å². The van der Waals surface area contributed by atoms with Gasteiger partial charge in [-0.1, -0.05) is 13.8 Å². The number of aliphatic carboxylic acids is 1.